The number of ketones is 2. The van der Waals surface area contributed by atoms with Gasteiger partial charge in [0.05, 0.1) is 12.2 Å². The van der Waals surface area contributed by atoms with E-state index in [9.17, 15) is 19.8 Å². The molecule has 0 aromatic heterocycles. The van der Waals surface area contributed by atoms with Crippen molar-refractivity contribution in [1.29, 1.82) is 0 Å². The second-order valence-electron chi connectivity index (χ2n) is 13.5. The van der Waals surface area contributed by atoms with Crippen LogP contribution in [0.3, 0.4) is 0 Å². The molecule has 2 aromatic rings. The topological polar surface area (TPSA) is 133 Å². The zero-order chi connectivity index (χ0) is 31.1. The smallest absolute Gasteiger partial charge is 0.339 e. The number of aliphatic hydroxyl groups is 2. The number of halogens is 1. The van der Waals surface area contributed by atoms with Crippen LogP contribution in [0.2, 0.25) is 0 Å². The van der Waals surface area contributed by atoms with Gasteiger partial charge >= 0.3 is 5.78 Å². The van der Waals surface area contributed by atoms with E-state index in [1.54, 1.807) is 31.2 Å². The summed E-state index contributed by atoms with van der Waals surface area (Å²) in [6, 6.07) is 14.7. The minimum atomic E-state index is -2.01. The first-order chi connectivity index (χ1) is 21.0. The highest BCUT2D eigenvalue weighted by atomic mass is 19.1. The molecule has 1 heterocycles. The average molecular weight is 605 g/mol. The van der Waals surface area contributed by atoms with Crippen LogP contribution in [-0.4, -0.2) is 56.7 Å². The number of carbonyl (C=O) groups excluding carboxylic acids is 2. The quantitative estimate of drug-likeness (QED) is 0.326. The van der Waals surface area contributed by atoms with Gasteiger partial charge in [0.15, 0.2) is 23.3 Å². The van der Waals surface area contributed by atoms with Gasteiger partial charge in [0.2, 0.25) is 0 Å². The number of nitrogen functional groups attached to an aromatic ring is 1. The number of alkyl halides is 1. The minimum absolute atomic E-state index is 0.0321. The predicted molar refractivity (Wildman–Crippen MR) is 161 cm³/mol. The maximum Gasteiger partial charge on any atom is 0.339 e. The number of hydrogen-bond acceptors (Lipinski definition) is 7. The maximum atomic E-state index is 17.6. The van der Waals surface area contributed by atoms with E-state index in [2.05, 4.69) is 0 Å². The molecular formula is C35H39FNO7+. The van der Waals surface area contributed by atoms with Crippen molar-refractivity contribution in [2.45, 2.75) is 75.9 Å². The Bertz CT molecular complexity index is 1570. The Morgan fingerprint density at radius 3 is 2.68 bits per heavy atom. The number of Topliss-reactive ketones (excluding diaryl/α,β-unsaturated/α-hetero) is 1. The highest BCUT2D eigenvalue weighted by Crippen LogP contribution is 2.72. The van der Waals surface area contributed by atoms with E-state index >= 15 is 4.39 Å². The average Bonchev–Trinajstić information content (AvgIpc) is 3.50. The number of fused-ring (bicyclic) bond motifs is 7. The van der Waals surface area contributed by atoms with Crippen molar-refractivity contribution in [2.24, 2.45) is 22.7 Å². The molecule has 0 bridgehead atoms. The second-order valence-corrected chi connectivity index (χ2v) is 13.5. The molecule has 8 nitrogen and oxygen atoms in total. The van der Waals surface area contributed by atoms with E-state index in [0.717, 1.165) is 11.1 Å². The fraction of sp³-hybridized carbons (Fsp3) is 0.486. The van der Waals surface area contributed by atoms with Gasteiger partial charge in [0, 0.05) is 46.2 Å². The van der Waals surface area contributed by atoms with Gasteiger partial charge in [0.25, 0.3) is 0 Å². The summed E-state index contributed by atoms with van der Waals surface area (Å²) in [6.07, 6.45) is 3.14. The van der Waals surface area contributed by atoms with Crippen LogP contribution in [0.4, 0.5) is 10.1 Å². The number of ether oxygens (including phenoxy) is 3. The molecule has 1 saturated heterocycles. The van der Waals surface area contributed by atoms with Gasteiger partial charge in [-0.3, -0.25) is 9.59 Å². The van der Waals surface area contributed by atoms with Crippen LogP contribution in [0.1, 0.15) is 56.9 Å². The van der Waals surface area contributed by atoms with Crippen LogP contribution in [0.15, 0.2) is 72.3 Å². The van der Waals surface area contributed by atoms with Gasteiger partial charge in [0.1, 0.15) is 19.0 Å². The first kappa shape index (κ1) is 29.3. The van der Waals surface area contributed by atoms with Crippen LogP contribution in [0, 0.1) is 22.7 Å². The summed E-state index contributed by atoms with van der Waals surface area (Å²) in [7, 11) is 0. The minimum Gasteiger partial charge on any atom is -0.489 e. The second kappa shape index (κ2) is 10.1. The monoisotopic (exact) mass is 604 g/mol. The number of hydrogen-bond donors (Lipinski definition) is 3. The number of nitrogens with two attached hydrogens (primary N) is 1. The van der Waals surface area contributed by atoms with Gasteiger partial charge in [-0.2, -0.15) is 0 Å². The lowest BCUT2D eigenvalue weighted by Gasteiger charge is -2.62. The molecule has 7 rings (SSSR count). The lowest BCUT2D eigenvalue weighted by Crippen LogP contribution is -2.69. The summed E-state index contributed by atoms with van der Waals surface area (Å²) in [6.45, 7) is 3.26. The third-order valence-electron chi connectivity index (χ3n) is 11.5. The number of allylic oxidation sites excluding steroid dienone is 4. The largest absolute Gasteiger partial charge is 0.489 e. The fourth-order valence-corrected chi connectivity index (χ4v) is 9.27. The van der Waals surface area contributed by atoms with Crippen molar-refractivity contribution in [1.82, 2.24) is 0 Å². The Kier molecular flexibility index (Phi) is 6.72. The molecule has 9 heteroatoms. The van der Waals surface area contributed by atoms with Crippen molar-refractivity contribution < 1.29 is 38.4 Å². The van der Waals surface area contributed by atoms with Crippen LogP contribution < -0.4 is 10.5 Å². The Hall–Kier alpha value is -3.37. The molecule has 2 aromatic carbocycles. The third-order valence-corrected chi connectivity index (χ3v) is 11.5. The Morgan fingerprint density at radius 2 is 1.95 bits per heavy atom. The van der Waals surface area contributed by atoms with Gasteiger partial charge in [-0.25, -0.2) is 4.39 Å². The van der Waals surface area contributed by atoms with Gasteiger partial charge in [-0.15, -0.1) is 0 Å². The summed E-state index contributed by atoms with van der Waals surface area (Å²) >= 11 is 0. The fourth-order valence-electron chi connectivity index (χ4n) is 9.27. The highest BCUT2D eigenvalue weighted by Gasteiger charge is 2.79. The predicted octanol–water partition coefficient (Wildman–Crippen LogP) is 4.52. The summed E-state index contributed by atoms with van der Waals surface area (Å²) in [5.41, 5.74) is 3.20. The number of aliphatic hydroxyl groups excluding tert-OH is 2. The van der Waals surface area contributed by atoms with E-state index in [4.69, 9.17) is 19.9 Å². The maximum absolute atomic E-state index is 17.6. The molecule has 0 spiro atoms. The highest BCUT2D eigenvalue weighted by molar-refractivity contribution is 6.02. The van der Waals surface area contributed by atoms with Crippen LogP contribution in [0.25, 0.3) is 0 Å². The zero-order valence-corrected chi connectivity index (χ0v) is 24.9. The molecule has 0 unspecified atom stereocenters. The number of carbonyl (C=O) groups is 1. The molecular weight excluding hydrogens is 565 g/mol. The standard InChI is InChI=1S/C35H38FNO7/c1-32-13-12-24(39)14-22(32)10-11-26-27-16-30-35(29(41)18-38,33(27,2)17-28(40)34(26,32)36)44-31(43-30)21-8-6-20(7-9-21)19-42-25-5-3-4-23(37)15-25/h3-9,12-15,26-28,30-31,38,40H,10-11,16-19,37H2,1-2H3/p+1/t26-,27-,28-,30+,31-,32-,33-,34-,35+/m0/s1. The molecule has 3 saturated carbocycles. The molecule has 0 amide bonds. The molecule has 5 N–H and O–H groups in total. The molecule has 44 heavy (non-hydrogen) atoms. The molecule has 0 radical (unpaired) electrons. The van der Waals surface area contributed by atoms with Crippen molar-refractivity contribution in [2.75, 3.05) is 12.3 Å². The summed E-state index contributed by atoms with van der Waals surface area (Å²) in [5.74, 6) is -0.691. The molecule has 4 aliphatic carbocycles. The number of anilines is 1. The van der Waals surface area contributed by atoms with Gasteiger partial charge in [-0.05, 0) is 61.8 Å². The first-order valence-corrected chi connectivity index (χ1v) is 15.3. The lowest BCUT2D eigenvalue weighted by molar-refractivity contribution is -0.231. The summed E-state index contributed by atoms with van der Waals surface area (Å²) in [4.78, 5) is 23.8. The van der Waals surface area contributed by atoms with E-state index in [0.29, 0.717) is 42.9 Å². The van der Waals surface area contributed by atoms with Gasteiger partial charge < -0.3 is 30.2 Å². The van der Waals surface area contributed by atoms with Gasteiger partial charge in [-0.1, -0.05) is 43.3 Å². The van der Waals surface area contributed by atoms with Crippen molar-refractivity contribution in [3.8, 4) is 5.75 Å². The molecule has 4 fully saturated rings. The Labute approximate surface area is 255 Å². The van der Waals surface area contributed by atoms with E-state index in [1.165, 1.54) is 6.08 Å². The lowest BCUT2D eigenvalue weighted by atomic mass is 9.44. The Balaban J connectivity index is 1.16. The van der Waals surface area contributed by atoms with Crippen molar-refractivity contribution in [3.05, 3.63) is 83.5 Å². The number of benzene rings is 2. The van der Waals surface area contributed by atoms with E-state index < -0.39 is 58.9 Å². The van der Waals surface area contributed by atoms with E-state index in [1.807, 2.05) is 43.3 Å². The zero-order valence-electron chi connectivity index (χ0n) is 24.9. The third kappa shape index (κ3) is 3.89. The molecule has 232 valence electrons. The Morgan fingerprint density at radius 1 is 1.18 bits per heavy atom. The molecule has 9 atom stereocenters. The summed E-state index contributed by atoms with van der Waals surface area (Å²) < 4.78 is 36.5. The summed E-state index contributed by atoms with van der Waals surface area (Å²) in [5, 5.41) is 21.9. The van der Waals surface area contributed by atoms with E-state index in [-0.39, 0.29) is 18.1 Å². The van der Waals surface area contributed by atoms with Crippen LogP contribution >= 0.6 is 0 Å². The normalized spacial score (nSPS) is 40.4. The molecule has 5 aliphatic rings. The van der Waals surface area contributed by atoms with Crippen molar-refractivity contribution in [3.63, 3.8) is 0 Å². The van der Waals surface area contributed by atoms with Crippen LogP contribution in [0.5, 0.6) is 5.75 Å². The van der Waals surface area contributed by atoms with Crippen LogP contribution in [-0.2, 0) is 20.9 Å². The number of rotatable bonds is 6. The SMILES string of the molecule is C[C@]12C=CC(=[OH+])C=C1CC[C@H]1[C@@H]3C[C@H]4O[C@H](c5ccc(COc6cccc(N)c6)cc5)O[C@@]4(C(=O)CO)[C@@]3(C)C[C@H](O)[C@@]12F. The first-order valence-electron chi connectivity index (χ1n) is 15.3. The van der Waals surface area contributed by atoms with Crippen molar-refractivity contribution >= 4 is 17.3 Å². The molecule has 1 aliphatic heterocycles.